The maximum atomic E-state index is 13.2. The summed E-state index contributed by atoms with van der Waals surface area (Å²) in [6.07, 6.45) is 0.871. The number of carbonyl (C=O) groups is 1. The van der Waals surface area contributed by atoms with E-state index in [4.69, 9.17) is 15.2 Å². The van der Waals surface area contributed by atoms with E-state index in [1.165, 1.54) is 25.3 Å². The van der Waals surface area contributed by atoms with Crippen molar-refractivity contribution in [1.29, 1.82) is 0 Å². The van der Waals surface area contributed by atoms with Crippen molar-refractivity contribution in [3.8, 4) is 5.75 Å². The van der Waals surface area contributed by atoms with Gasteiger partial charge >= 0.3 is 0 Å². The molecule has 1 aromatic rings. The van der Waals surface area contributed by atoms with Crippen molar-refractivity contribution >= 4 is 11.6 Å². The highest BCUT2D eigenvalue weighted by Gasteiger charge is 2.29. The average Bonchev–Trinajstić information content (AvgIpc) is 2.90. The average molecular weight is 268 g/mol. The molecule has 0 saturated carbocycles. The number of rotatable bonds is 4. The monoisotopic (exact) mass is 268 g/mol. The molecule has 1 saturated heterocycles. The number of halogens is 1. The lowest BCUT2D eigenvalue weighted by atomic mass is 10.2. The minimum Gasteiger partial charge on any atom is -0.494 e. The molecule has 0 radical (unpaired) electrons. The van der Waals surface area contributed by atoms with Crippen LogP contribution >= 0.6 is 0 Å². The molecule has 3 N–H and O–H groups in total. The van der Waals surface area contributed by atoms with E-state index < -0.39 is 11.9 Å². The molecule has 1 fully saturated rings. The van der Waals surface area contributed by atoms with Crippen molar-refractivity contribution in [2.24, 2.45) is 5.73 Å². The maximum absolute atomic E-state index is 13.2. The Morgan fingerprint density at radius 3 is 3.00 bits per heavy atom. The normalized spacial score (nSPS) is 22.3. The third-order valence-electron chi connectivity index (χ3n) is 3.08. The Morgan fingerprint density at radius 1 is 1.58 bits per heavy atom. The van der Waals surface area contributed by atoms with Gasteiger partial charge < -0.3 is 20.5 Å². The minimum atomic E-state index is -0.496. The summed E-state index contributed by atoms with van der Waals surface area (Å²) in [7, 11) is 1.37. The first-order valence-electron chi connectivity index (χ1n) is 6.14. The fourth-order valence-electron chi connectivity index (χ4n) is 2.03. The molecule has 1 aliphatic heterocycles. The van der Waals surface area contributed by atoms with Crippen molar-refractivity contribution in [3.63, 3.8) is 0 Å². The molecule has 1 heterocycles. The highest BCUT2D eigenvalue weighted by molar-refractivity contribution is 5.94. The van der Waals surface area contributed by atoms with Gasteiger partial charge in [-0.1, -0.05) is 0 Å². The molecule has 104 valence electrons. The SMILES string of the molecule is COc1cc(NC(=O)C2CCC(CN)O2)ccc1F. The van der Waals surface area contributed by atoms with E-state index in [9.17, 15) is 9.18 Å². The van der Waals surface area contributed by atoms with Gasteiger partial charge in [0, 0.05) is 18.3 Å². The number of nitrogens with one attached hydrogen (secondary N) is 1. The summed E-state index contributed by atoms with van der Waals surface area (Å²) in [6.45, 7) is 0.411. The van der Waals surface area contributed by atoms with E-state index in [1.54, 1.807) is 0 Å². The highest BCUT2D eigenvalue weighted by Crippen LogP contribution is 2.24. The quantitative estimate of drug-likeness (QED) is 0.862. The van der Waals surface area contributed by atoms with Crippen LogP contribution in [0.5, 0.6) is 5.75 Å². The van der Waals surface area contributed by atoms with E-state index in [1.807, 2.05) is 0 Å². The molecule has 2 unspecified atom stereocenters. The first-order valence-corrected chi connectivity index (χ1v) is 6.14. The van der Waals surface area contributed by atoms with E-state index >= 15 is 0 Å². The maximum Gasteiger partial charge on any atom is 0.253 e. The lowest BCUT2D eigenvalue weighted by Crippen LogP contribution is -2.29. The minimum absolute atomic E-state index is 0.0569. The molecule has 0 bridgehead atoms. The predicted molar refractivity (Wildman–Crippen MR) is 68.5 cm³/mol. The van der Waals surface area contributed by atoms with Gasteiger partial charge in [0.2, 0.25) is 0 Å². The summed E-state index contributed by atoms with van der Waals surface area (Å²) < 4.78 is 23.6. The van der Waals surface area contributed by atoms with Crippen molar-refractivity contribution in [3.05, 3.63) is 24.0 Å². The van der Waals surface area contributed by atoms with Crippen LogP contribution in [0.1, 0.15) is 12.8 Å². The second kappa shape index (κ2) is 5.99. The summed E-state index contributed by atoms with van der Waals surface area (Å²) >= 11 is 0. The molecule has 1 amide bonds. The number of anilines is 1. The van der Waals surface area contributed by atoms with Gasteiger partial charge in [-0.25, -0.2) is 4.39 Å². The topological polar surface area (TPSA) is 73.6 Å². The van der Waals surface area contributed by atoms with Gasteiger partial charge in [0.15, 0.2) is 11.6 Å². The molecule has 2 atom stereocenters. The van der Waals surface area contributed by atoms with Crippen LogP contribution in [-0.4, -0.2) is 31.8 Å². The molecule has 5 nitrogen and oxygen atoms in total. The second-order valence-electron chi connectivity index (χ2n) is 4.40. The van der Waals surface area contributed by atoms with Gasteiger partial charge in [-0.05, 0) is 25.0 Å². The summed E-state index contributed by atoms with van der Waals surface area (Å²) in [4.78, 5) is 11.9. The second-order valence-corrected chi connectivity index (χ2v) is 4.40. The molecule has 1 aromatic carbocycles. The van der Waals surface area contributed by atoms with Gasteiger partial charge in [0.25, 0.3) is 5.91 Å². The molecule has 6 heteroatoms. The van der Waals surface area contributed by atoms with Crippen LogP contribution < -0.4 is 15.8 Å². The first-order chi connectivity index (χ1) is 9.13. The number of methoxy groups -OCH3 is 1. The van der Waals surface area contributed by atoms with Gasteiger partial charge in [0.1, 0.15) is 6.10 Å². The van der Waals surface area contributed by atoms with Crippen LogP contribution in [0.15, 0.2) is 18.2 Å². The number of hydrogen-bond acceptors (Lipinski definition) is 4. The third-order valence-corrected chi connectivity index (χ3v) is 3.08. The predicted octanol–water partition coefficient (Wildman–Crippen LogP) is 1.28. The van der Waals surface area contributed by atoms with Gasteiger partial charge in [0.05, 0.1) is 13.2 Å². The number of benzene rings is 1. The lowest BCUT2D eigenvalue weighted by molar-refractivity contribution is -0.126. The number of nitrogens with two attached hydrogens (primary N) is 1. The van der Waals surface area contributed by atoms with Crippen LogP contribution in [0, 0.1) is 5.82 Å². The van der Waals surface area contributed by atoms with E-state index in [0.717, 1.165) is 6.42 Å². The highest BCUT2D eigenvalue weighted by atomic mass is 19.1. The van der Waals surface area contributed by atoms with Crippen LogP contribution in [0.25, 0.3) is 0 Å². The number of amides is 1. The van der Waals surface area contributed by atoms with E-state index in [0.29, 0.717) is 18.7 Å². The van der Waals surface area contributed by atoms with Crippen molar-refractivity contribution in [1.82, 2.24) is 0 Å². The molecule has 2 rings (SSSR count). The fourth-order valence-corrected chi connectivity index (χ4v) is 2.03. The number of hydrogen-bond donors (Lipinski definition) is 2. The Labute approximate surface area is 110 Å². The number of ether oxygens (including phenoxy) is 2. The molecule has 1 aliphatic rings. The van der Waals surface area contributed by atoms with Crippen molar-refractivity contribution < 1.29 is 18.7 Å². The third kappa shape index (κ3) is 3.21. The molecule has 19 heavy (non-hydrogen) atoms. The zero-order valence-corrected chi connectivity index (χ0v) is 10.7. The van der Waals surface area contributed by atoms with Crippen LogP contribution in [0.3, 0.4) is 0 Å². The van der Waals surface area contributed by atoms with Crippen LogP contribution in [-0.2, 0) is 9.53 Å². The fraction of sp³-hybridized carbons (Fsp3) is 0.462. The molecular weight excluding hydrogens is 251 g/mol. The van der Waals surface area contributed by atoms with Crippen LogP contribution in [0.2, 0.25) is 0 Å². The zero-order valence-electron chi connectivity index (χ0n) is 10.7. The molecule has 0 aromatic heterocycles. The lowest BCUT2D eigenvalue weighted by Gasteiger charge is -2.13. The first kappa shape index (κ1) is 13.8. The van der Waals surface area contributed by atoms with E-state index in [-0.39, 0.29) is 17.8 Å². The summed E-state index contributed by atoms with van der Waals surface area (Å²) in [5.41, 5.74) is 5.96. The number of carbonyl (C=O) groups excluding carboxylic acids is 1. The Morgan fingerprint density at radius 2 is 2.37 bits per heavy atom. The van der Waals surface area contributed by atoms with Gasteiger partial charge in [-0.3, -0.25) is 4.79 Å². The Bertz CT molecular complexity index is 467. The zero-order chi connectivity index (χ0) is 13.8. The van der Waals surface area contributed by atoms with E-state index in [2.05, 4.69) is 5.32 Å². The van der Waals surface area contributed by atoms with Crippen molar-refractivity contribution in [2.45, 2.75) is 25.0 Å². The van der Waals surface area contributed by atoms with Crippen molar-refractivity contribution in [2.75, 3.05) is 19.0 Å². The Hall–Kier alpha value is -1.66. The Kier molecular flexibility index (Phi) is 4.34. The molecular formula is C13H17FN2O3. The van der Waals surface area contributed by atoms with Gasteiger partial charge in [-0.15, -0.1) is 0 Å². The smallest absolute Gasteiger partial charge is 0.253 e. The summed E-state index contributed by atoms with van der Waals surface area (Å²) in [6, 6.07) is 4.15. The molecule has 0 aliphatic carbocycles. The summed E-state index contributed by atoms with van der Waals surface area (Å²) in [5, 5.41) is 2.68. The van der Waals surface area contributed by atoms with Gasteiger partial charge in [-0.2, -0.15) is 0 Å². The summed E-state index contributed by atoms with van der Waals surface area (Å²) in [5.74, 6) is -0.629. The Balaban J connectivity index is 1.99. The largest absolute Gasteiger partial charge is 0.494 e. The molecule has 0 spiro atoms. The van der Waals surface area contributed by atoms with Crippen LogP contribution in [0.4, 0.5) is 10.1 Å². The standard InChI is InChI=1S/C13H17FN2O3/c1-18-12-6-8(2-4-10(12)14)16-13(17)11-5-3-9(7-15)19-11/h2,4,6,9,11H,3,5,7,15H2,1H3,(H,16,17).